The van der Waals surface area contributed by atoms with Gasteiger partial charge < -0.3 is 5.11 Å². The molecule has 0 bridgehead atoms. The Hall–Kier alpha value is -1.57. The summed E-state index contributed by atoms with van der Waals surface area (Å²) in [6, 6.07) is 5.83. The van der Waals surface area contributed by atoms with Gasteiger partial charge in [-0.2, -0.15) is 0 Å². The minimum absolute atomic E-state index is 0.182. The van der Waals surface area contributed by atoms with Crippen LogP contribution in [0, 0.1) is 5.41 Å². The van der Waals surface area contributed by atoms with Crippen molar-refractivity contribution in [3.05, 3.63) is 46.5 Å². The van der Waals surface area contributed by atoms with Gasteiger partial charge in [0.25, 0.3) is 0 Å². The number of hydrogen-bond acceptors (Lipinski definition) is 1. The van der Waals surface area contributed by atoms with Gasteiger partial charge in [0, 0.05) is 5.92 Å². The molecule has 2 rings (SSSR count). The Balaban J connectivity index is 2.55. The summed E-state index contributed by atoms with van der Waals surface area (Å²) in [5.41, 5.74) is 4.22. The largest absolute Gasteiger partial charge is 0.478 e. The molecule has 0 aliphatic heterocycles. The molecule has 1 aromatic rings. The molecule has 0 radical (unpaired) electrons. The minimum atomic E-state index is -0.836. The molecule has 20 heavy (non-hydrogen) atoms. The van der Waals surface area contributed by atoms with E-state index in [1.165, 1.54) is 5.57 Å². The van der Waals surface area contributed by atoms with Gasteiger partial charge in [-0.25, -0.2) is 4.79 Å². The standard InChI is InChI=1S/C18H24O2/c1-5-13-9-14(11-15(10-13)17(19)20)16-12(2)7-6-8-18(16,3)4/h7,9-11,16H,5-6,8H2,1-4H3,(H,19,20). The van der Waals surface area contributed by atoms with Crippen molar-refractivity contribution < 1.29 is 9.90 Å². The van der Waals surface area contributed by atoms with Crippen molar-refractivity contribution in [2.24, 2.45) is 5.41 Å². The zero-order valence-corrected chi connectivity index (χ0v) is 12.9. The molecule has 0 saturated carbocycles. The molecule has 0 heterocycles. The van der Waals surface area contributed by atoms with Crippen molar-refractivity contribution in [1.82, 2.24) is 0 Å². The molecule has 1 N–H and O–H groups in total. The van der Waals surface area contributed by atoms with Crippen LogP contribution in [0.3, 0.4) is 0 Å². The van der Waals surface area contributed by atoms with Gasteiger partial charge in [0.1, 0.15) is 0 Å². The number of aryl methyl sites for hydroxylation is 1. The van der Waals surface area contributed by atoms with Gasteiger partial charge in [-0.05, 0) is 54.9 Å². The summed E-state index contributed by atoms with van der Waals surface area (Å²) in [5.74, 6) is -0.516. The van der Waals surface area contributed by atoms with E-state index in [-0.39, 0.29) is 5.41 Å². The van der Waals surface area contributed by atoms with Crippen molar-refractivity contribution in [2.45, 2.75) is 52.9 Å². The van der Waals surface area contributed by atoms with E-state index in [4.69, 9.17) is 0 Å². The van der Waals surface area contributed by atoms with Crippen molar-refractivity contribution in [3.63, 3.8) is 0 Å². The number of carbonyl (C=O) groups is 1. The van der Waals surface area contributed by atoms with Gasteiger partial charge in [-0.1, -0.05) is 38.5 Å². The Morgan fingerprint density at radius 3 is 2.60 bits per heavy atom. The van der Waals surface area contributed by atoms with Crippen LogP contribution in [0.5, 0.6) is 0 Å². The molecule has 1 aliphatic rings. The molecule has 0 spiro atoms. The molecule has 0 fully saturated rings. The highest BCUT2D eigenvalue weighted by molar-refractivity contribution is 5.88. The molecular weight excluding hydrogens is 248 g/mol. The van der Waals surface area contributed by atoms with Gasteiger partial charge in [-0.3, -0.25) is 0 Å². The average Bonchev–Trinajstić information content (AvgIpc) is 2.37. The molecule has 1 aromatic carbocycles. The average molecular weight is 272 g/mol. The molecule has 0 aromatic heterocycles. The third-order valence-electron chi connectivity index (χ3n) is 4.50. The summed E-state index contributed by atoms with van der Waals surface area (Å²) in [6.07, 6.45) is 5.43. The van der Waals surface area contributed by atoms with Crippen LogP contribution < -0.4 is 0 Å². The Kier molecular flexibility index (Phi) is 4.03. The van der Waals surface area contributed by atoms with Gasteiger partial charge >= 0.3 is 5.97 Å². The van der Waals surface area contributed by atoms with E-state index in [0.29, 0.717) is 11.5 Å². The maximum absolute atomic E-state index is 11.3. The first-order valence-corrected chi connectivity index (χ1v) is 7.39. The molecule has 108 valence electrons. The maximum Gasteiger partial charge on any atom is 0.335 e. The lowest BCUT2D eigenvalue weighted by molar-refractivity contribution is 0.0696. The number of rotatable bonds is 3. The first-order chi connectivity index (χ1) is 9.35. The monoisotopic (exact) mass is 272 g/mol. The molecule has 1 atom stereocenters. The van der Waals surface area contributed by atoms with Crippen LogP contribution in [-0.4, -0.2) is 11.1 Å². The van der Waals surface area contributed by atoms with Crippen LogP contribution in [0.2, 0.25) is 0 Å². The van der Waals surface area contributed by atoms with E-state index in [0.717, 1.165) is 30.4 Å². The highest BCUT2D eigenvalue weighted by Crippen LogP contribution is 2.47. The Morgan fingerprint density at radius 1 is 1.35 bits per heavy atom. The fourth-order valence-corrected chi connectivity index (χ4v) is 3.48. The second kappa shape index (κ2) is 5.43. The van der Waals surface area contributed by atoms with Crippen LogP contribution >= 0.6 is 0 Å². The number of hydrogen-bond donors (Lipinski definition) is 1. The lowest BCUT2D eigenvalue weighted by atomic mass is 9.65. The van der Waals surface area contributed by atoms with Crippen LogP contribution in [0.25, 0.3) is 0 Å². The van der Waals surface area contributed by atoms with E-state index in [1.807, 2.05) is 6.07 Å². The second-order valence-electron chi connectivity index (χ2n) is 6.53. The number of allylic oxidation sites excluding steroid dienone is 2. The van der Waals surface area contributed by atoms with E-state index in [1.54, 1.807) is 6.07 Å². The van der Waals surface area contributed by atoms with E-state index in [2.05, 4.69) is 39.8 Å². The molecule has 1 unspecified atom stereocenters. The van der Waals surface area contributed by atoms with Crippen LogP contribution in [0.1, 0.15) is 67.9 Å². The molecule has 2 heteroatoms. The number of aromatic carboxylic acids is 1. The van der Waals surface area contributed by atoms with Crippen molar-refractivity contribution in [2.75, 3.05) is 0 Å². The van der Waals surface area contributed by atoms with E-state index in [9.17, 15) is 9.90 Å². The highest BCUT2D eigenvalue weighted by Gasteiger charge is 2.34. The van der Waals surface area contributed by atoms with Gasteiger partial charge in [-0.15, -0.1) is 0 Å². The molecular formula is C18H24O2. The third-order valence-corrected chi connectivity index (χ3v) is 4.50. The predicted octanol–water partition coefficient (Wildman–Crippen LogP) is 4.80. The van der Waals surface area contributed by atoms with Crippen molar-refractivity contribution >= 4 is 5.97 Å². The summed E-state index contributed by atoms with van der Waals surface area (Å²) < 4.78 is 0. The van der Waals surface area contributed by atoms with E-state index >= 15 is 0 Å². The third kappa shape index (κ3) is 2.79. The normalized spacial score (nSPS) is 21.4. The Morgan fingerprint density at radius 2 is 2.05 bits per heavy atom. The molecule has 2 nitrogen and oxygen atoms in total. The smallest absolute Gasteiger partial charge is 0.335 e. The van der Waals surface area contributed by atoms with Gasteiger partial charge in [0.2, 0.25) is 0 Å². The van der Waals surface area contributed by atoms with Gasteiger partial charge in [0.05, 0.1) is 5.56 Å². The topological polar surface area (TPSA) is 37.3 Å². The number of benzene rings is 1. The quantitative estimate of drug-likeness (QED) is 0.803. The van der Waals surface area contributed by atoms with Crippen LogP contribution in [-0.2, 0) is 6.42 Å². The summed E-state index contributed by atoms with van der Waals surface area (Å²) >= 11 is 0. The minimum Gasteiger partial charge on any atom is -0.478 e. The lowest BCUT2D eigenvalue weighted by Crippen LogP contribution is -2.26. The summed E-state index contributed by atoms with van der Waals surface area (Å²) in [6.45, 7) is 8.81. The summed E-state index contributed by atoms with van der Waals surface area (Å²) in [4.78, 5) is 11.3. The molecule has 0 amide bonds. The SMILES string of the molecule is CCc1cc(C(=O)O)cc(C2C(C)=CCCC2(C)C)c1. The zero-order valence-electron chi connectivity index (χ0n) is 12.9. The highest BCUT2D eigenvalue weighted by atomic mass is 16.4. The predicted molar refractivity (Wildman–Crippen MR) is 82.3 cm³/mol. The first kappa shape index (κ1) is 14.8. The van der Waals surface area contributed by atoms with Crippen LogP contribution in [0.15, 0.2) is 29.8 Å². The fourth-order valence-electron chi connectivity index (χ4n) is 3.48. The zero-order chi connectivity index (χ0) is 14.9. The van der Waals surface area contributed by atoms with Crippen LogP contribution in [0.4, 0.5) is 0 Å². The van der Waals surface area contributed by atoms with E-state index < -0.39 is 5.97 Å². The Labute approximate surface area is 121 Å². The number of carboxylic acid groups (broad SMARTS) is 1. The number of carboxylic acids is 1. The molecule has 1 aliphatic carbocycles. The van der Waals surface area contributed by atoms with Crippen molar-refractivity contribution in [3.8, 4) is 0 Å². The molecule has 0 saturated heterocycles. The summed E-state index contributed by atoms with van der Waals surface area (Å²) in [5, 5.41) is 9.31. The first-order valence-electron chi connectivity index (χ1n) is 7.39. The lowest BCUT2D eigenvalue weighted by Gasteiger charge is -2.39. The maximum atomic E-state index is 11.3. The second-order valence-corrected chi connectivity index (χ2v) is 6.53. The Bertz CT molecular complexity index is 553. The summed E-state index contributed by atoms with van der Waals surface area (Å²) in [7, 11) is 0. The van der Waals surface area contributed by atoms with Crippen molar-refractivity contribution in [1.29, 1.82) is 0 Å². The van der Waals surface area contributed by atoms with Gasteiger partial charge in [0.15, 0.2) is 0 Å². The fraction of sp³-hybridized carbons (Fsp3) is 0.500.